The molecule has 0 atom stereocenters. The van der Waals surface area contributed by atoms with Crippen molar-refractivity contribution in [2.75, 3.05) is 5.73 Å². The van der Waals surface area contributed by atoms with E-state index in [0.29, 0.717) is 12.4 Å². The predicted octanol–water partition coefficient (Wildman–Crippen LogP) is 2.26. The fraction of sp³-hybridized carbons (Fsp3) is 0.154. The summed E-state index contributed by atoms with van der Waals surface area (Å²) in [5, 5.41) is 5.15. The molecule has 18 heavy (non-hydrogen) atoms. The predicted molar refractivity (Wildman–Crippen MR) is 68.5 cm³/mol. The first-order valence-corrected chi connectivity index (χ1v) is 5.76. The fourth-order valence-electron chi connectivity index (χ4n) is 2.06. The monoisotopic (exact) mass is 244 g/mol. The molecule has 0 aliphatic rings. The second-order valence-electron chi connectivity index (χ2n) is 4.22. The highest BCUT2D eigenvalue weighted by molar-refractivity contribution is 5.80. The first-order chi connectivity index (χ1) is 8.72. The number of nitrogens with two attached hydrogens (primary N) is 1. The number of aromatic nitrogens is 3. The van der Waals surface area contributed by atoms with Crippen molar-refractivity contribution in [1.82, 2.24) is 14.3 Å². The number of hydrogen-bond acceptors (Lipinski definition) is 2. The van der Waals surface area contributed by atoms with E-state index in [1.54, 1.807) is 22.9 Å². The Labute approximate surface area is 103 Å². The van der Waals surface area contributed by atoms with E-state index >= 15 is 0 Å². The van der Waals surface area contributed by atoms with Crippen LogP contribution in [0.5, 0.6) is 0 Å². The molecule has 2 heterocycles. The molecule has 0 saturated heterocycles. The van der Waals surface area contributed by atoms with Gasteiger partial charge in [-0.05, 0) is 35.7 Å². The minimum atomic E-state index is -0.217. The summed E-state index contributed by atoms with van der Waals surface area (Å²) >= 11 is 0. The zero-order valence-electron chi connectivity index (χ0n) is 9.75. The number of hydrogen-bond donors (Lipinski definition) is 1. The van der Waals surface area contributed by atoms with E-state index in [1.807, 2.05) is 23.0 Å². The molecule has 3 rings (SSSR count). The van der Waals surface area contributed by atoms with Gasteiger partial charge in [0.15, 0.2) is 0 Å². The maximum atomic E-state index is 13.2. The van der Waals surface area contributed by atoms with Gasteiger partial charge in [-0.15, -0.1) is 0 Å². The number of nitrogen functional groups attached to an aromatic ring is 1. The van der Waals surface area contributed by atoms with Crippen molar-refractivity contribution in [2.24, 2.45) is 0 Å². The summed E-state index contributed by atoms with van der Waals surface area (Å²) in [7, 11) is 0. The molecule has 92 valence electrons. The van der Waals surface area contributed by atoms with Gasteiger partial charge in [0.25, 0.3) is 0 Å². The quantitative estimate of drug-likeness (QED) is 0.768. The normalized spacial score (nSPS) is 11.2. The number of rotatable bonds is 3. The van der Waals surface area contributed by atoms with E-state index in [2.05, 4.69) is 5.10 Å². The average Bonchev–Trinajstić information content (AvgIpc) is 2.93. The van der Waals surface area contributed by atoms with Crippen molar-refractivity contribution in [2.45, 2.75) is 13.1 Å². The molecule has 0 bridgehead atoms. The molecule has 2 aromatic heterocycles. The summed E-state index contributed by atoms with van der Waals surface area (Å²) in [6.07, 6.45) is 3.79. The number of benzene rings is 1. The first-order valence-electron chi connectivity index (χ1n) is 5.76. The molecule has 0 fully saturated rings. The largest absolute Gasteiger partial charge is 0.382 e. The van der Waals surface area contributed by atoms with Gasteiger partial charge >= 0.3 is 0 Å². The van der Waals surface area contributed by atoms with E-state index in [4.69, 9.17) is 5.73 Å². The Balaban J connectivity index is 1.84. The highest BCUT2D eigenvalue weighted by Crippen LogP contribution is 2.17. The van der Waals surface area contributed by atoms with E-state index in [0.717, 1.165) is 17.4 Å². The lowest BCUT2D eigenvalue weighted by atomic mass is 10.2. The van der Waals surface area contributed by atoms with Crippen molar-refractivity contribution in [3.8, 4) is 0 Å². The van der Waals surface area contributed by atoms with E-state index < -0.39 is 0 Å². The molecule has 0 aliphatic carbocycles. The summed E-state index contributed by atoms with van der Waals surface area (Å²) in [6.45, 7) is 1.44. The van der Waals surface area contributed by atoms with Gasteiger partial charge in [0.05, 0.1) is 12.1 Å². The van der Waals surface area contributed by atoms with Gasteiger partial charge < -0.3 is 10.3 Å². The molecule has 4 nitrogen and oxygen atoms in total. The lowest BCUT2D eigenvalue weighted by Gasteiger charge is -2.05. The van der Waals surface area contributed by atoms with Crippen LogP contribution in [0.1, 0.15) is 0 Å². The molecular weight excluding hydrogens is 231 g/mol. The molecule has 0 radical (unpaired) electrons. The van der Waals surface area contributed by atoms with Gasteiger partial charge in [0, 0.05) is 18.9 Å². The Morgan fingerprint density at radius 2 is 2.00 bits per heavy atom. The second kappa shape index (κ2) is 4.18. The number of aryl methyl sites for hydroxylation is 2. The van der Waals surface area contributed by atoms with E-state index in [9.17, 15) is 4.39 Å². The molecule has 2 N–H and O–H groups in total. The second-order valence-corrected chi connectivity index (χ2v) is 4.22. The third kappa shape index (κ3) is 1.95. The maximum absolute atomic E-state index is 13.2. The van der Waals surface area contributed by atoms with Gasteiger partial charge in [0.2, 0.25) is 0 Å². The van der Waals surface area contributed by atoms with Gasteiger partial charge in [0.1, 0.15) is 11.6 Å². The van der Waals surface area contributed by atoms with Crippen LogP contribution >= 0.6 is 0 Å². The Morgan fingerprint density at radius 1 is 1.11 bits per heavy atom. The van der Waals surface area contributed by atoms with Crippen molar-refractivity contribution in [1.29, 1.82) is 0 Å². The van der Waals surface area contributed by atoms with E-state index in [-0.39, 0.29) is 5.82 Å². The summed E-state index contributed by atoms with van der Waals surface area (Å²) in [5.74, 6) is 0.296. The molecule has 3 aromatic rings. The Kier molecular flexibility index (Phi) is 2.51. The van der Waals surface area contributed by atoms with Gasteiger partial charge in [-0.2, -0.15) is 5.10 Å². The Hall–Kier alpha value is -2.30. The summed E-state index contributed by atoms with van der Waals surface area (Å²) in [4.78, 5) is 0. The van der Waals surface area contributed by atoms with Gasteiger partial charge in [-0.25, -0.2) is 4.39 Å². The van der Waals surface area contributed by atoms with Crippen LogP contribution in [0, 0.1) is 5.82 Å². The van der Waals surface area contributed by atoms with Gasteiger partial charge in [-0.1, -0.05) is 0 Å². The lowest BCUT2D eigenvalue weighted by Crippen LogP contribution is -2.07. The molecule has 0 aliphatic heterocycles. The van der Waals surface area contributed by atoms with Crippen LogP contribution in [0.25, 0.3) is 10.9 Å². The average molecular weight is 244 g/mol. The van der Waals surface area contributed by atoms with Crippen LogP contribution in [-0.2, 0) is 13.1 Å². The SMILES string of the molecule is Nc1ccn(CCn2ccc3ccc(F)cc32)n1. The number of anilines is 1. The number of nitrogens with zero attached hydrogens (tertiary/aromatic N) is 3. The fourth-order valence-corrected chi connectivity index (χ4v) is 2.06. The lowest BCUT2D eigenvalue weighted by molar-refractivity contribution is 0.543. The molecule has 5 heteroatoms. The number of fused-ring (bicyclic) bond motifs is 1. The van der Waals surface area contributed by atoms with Crippen LogP contribution < -0.4 is 5.73 Å². The van der Waals surface area contributed by atoms with Crippen molar-refractivity contribution >= 4 is 16.7 Å². The molecule has 1 aromatic carbocycles. The highest BCUT2D eigenvalue weighted by Gasteiger charge is 2.03. The smallest absolute Gasteiger partial charge is 0.145 e. The molecule has 0 unspecified atom stereocenters. The zero-order chi connectivity index (χ0) is 12.5. The van der Waals surface area contributed by atoms with Crippen molar-refractivity contribution < 1.29 is 4.39 Å². The Bertz CT molecular complexity index is 683. The number of halogens is 1. The summed E-state index contributed by atoms with van der Waals surface area (Å²) in [5.41, 5.74) is 6.45. The van der Waals surface area contributed by atoms with Crippen molar-refractivity contribution in [3.05, 3.63) is 48.5 Å². The summed E-state index contributed by atoms with van der Waals surface area (Å²) in [6, 6.07) is 8.54. The van der Waals surface area contributed by atoms with Crippen LogP contribution in [0.15, 0.2) is 42.7 Å². The minimum absolute atomic E-state index is 0.217. The van der Waals surface area contributed by atoms with Crippen LogP contribution in [-0.4, -0.2) is 14.3 Å². The zero-order valence-corrected chi connectivity index (χ0v) is 9.75. The molecule has 0 saturated carbocycles. The first kappa shape index (κ1) is 10.8. The third-order valence-electron chi connectivity index (χ3n) is 2.97. The topological polar surface area (TPSA) is 48.8 Å². The summed E-state index contributed by atoms with van der Waals surface area (Å²) < 4.78 is 17.0. The van der Waals surface area contributed by atoms with Crippen molar-refractivity contribution in [3.63, 3.8) is 0 Å². The molecule has 0 spiro atoms. The molecular formula is C13H13FN4. The van der Waals surface area contributed by atoms with Crippen LogP contribution in [0.4, 0.5) is 10.2 Å². The highest BCUT2D eigenvalue weighted by atomic mass is 19.1. The van der Waals surface area contributed by atoms with Gasteiger partial charge in [-0.3, -0.25) is 4.68 Å². The van der Waals surface area contributed by atoms with Crippen LogP contribution in [0.2, 0.25) is 0 Å². The maximum Gasteiger partial charge on any atom is 0.145 e. The third-order valence-corrected chi connectivity index (χ3v) is 2.97. The van der Waals surface area contributed by atoms with Crippen LogP contribution in [0.3, 0.4) is 0 Å². The Morgan fingerprint density at radius 3 is 2.78 bits per heavy atom. The van der Waals surface area contributed by atoms with E-state index in [1.165, 1.54) is 6.07 Å². The minimum Gasteiger partial charge on any atom is -0.382 e. The molecule has 0 amide bonds. The standard InChI is InChI=1S/C13H13FN4/c14-11-2-1-10-3-5-17(12(10)9-11)7-8-18-6-4-13(15)16-18/h1-6,9H,7-8H2,(H2,15,16).